The van der Waals surface area contributed by atoms with Crippen LogP contribution in [0.4, 0.5) is 0 Å². The summed E-state index contributed by atoms with van der Waals surface area (Å²) in [6.45, 7) is 4.17. The second-order valence-electron chi connectivity index (χ2n) is 9.80. The van der Waals surface area contributed by atoms with Crippen molar-refractivity contribution in [3.63, 3.8) is 0 Å². The van der Waals surface area contributed by atoms with E-state index in [1.165, 1.54) is 25.2 Å². The highest BCUT2D eigenvalue weighted by Crippen LogP contribution is 2.31. The van der Waals surface area contributed by atoms with Crippen LogP contribution in [0.5, 0.6) is 5.75 Å². The van der Waals surface area contributed by atoms with Crippen LogP contribution in [-0.2, 0) is 47.7 Å². The second-order valence-corrected chi connectivity index (χ2v) is 9.80. The number of carbonyl (C=O) groups is 5. The molecule has 3 rings (SSSR count). The molecular weight excluding hydrogens is 588 g/mol. The summed E-state index contributed by atoms with van der Waals surface area (Å²) in [6, 6.07) is 15.7. The van der Waals surface area contributed by atoms with Gasteiger partial charge >= 0.3 is 23.9 Å². The first-order valence-corrected chi connectivity index (χ1v) is 13.8. The number of esters is 4. The van der Waals surface area contributed by atoms with Gasteiger partial charge in [0.15, 0.2) is 18.0 Å². The monoisotopic (exact) mass is 622 g/mol. The summed E-state index contributed by atoms with van der Waals surface area (Å²) in [5.74, 6) is -3.31. The average Bonchev–Trinajstić information content (AvgIpc) is 2.97. The Morgan fingerprint density at radius 3 is 1.87 bits per heavy atom. The fourth-order valence-corrected chi connectivity index (χ4v) is 4.24. The summed E-state index contributed by atoms with van der Waals surface area (Å²) in [5.41, 5.74) is 1.48. The van der Waals surface area contributed by atoms with Gasteiger partial charge in [0.25, 0.3) is 0 Å². The van der Waals surface area contributed by atoms with Crippen molar-refractivity contribution in [1.82, 2.24) is 0 Å². The lowest BCUT2D eigenvalue weighted by Gasteiger charge is -2.43. The van der Waals surface area contributed by atoms with Gasteiger partial charge < -0.3 is 33.5 Å². The normalized spacial score (nSPS) is 21.6. The highest BCUT2D eigenvalue weighted by Gasteiger charge is 2.53. The van der Waals surface area contributed by atoms with Crippen molar-refractivity contribution in [2.24, 2.45) is 0 Å². The van der Waals surface area contributed by atoms with E-state index in [9.17, 15) is 29.1 Å². The summed E-state index contributed by atoms with van der Waals surface area (Å²) in [7, 11) is 0. The molecule has 0 unspecified atom stereocenters. The van der Waals surface area contributed by atoms with E-state index in [1.54, 1.807) is 30.3 Å². The van der Waals surface area contributed by atoms with Crippen LogP contribution >= 0.6 is 0 Å². The van der Waals surface area contributed by atoms with Crippen LogP contribution in [0.3, 0.4) is 0 Å². The molecule has 2 aromatic carbocycles. The molecule has 1 aliphatic heterocycles. The van der Waals surface area contributed by atoms with Gasteiger partial charge in [-0.15, -0.1) is 0 Å². The first kappa shape index (κ1) is 34.3. The summed E-state index contributed by atoms with van der Waals surface area (Å²) in [5, 5.41) is 10.0. The number of hydrogen-bond acceptors (Lipinski definition) is 12. The number of ketones is 1. The minimum absolute atomic E-state index is 0.206. The highest BCUT2D eigenvalue weighted by molar-refractivity contribution is 6.02. The zero-order valence-corrected chi connectivity index (χ0v) is 25.1. The fourth-order valence-electron chi connectivity index (χ4n) is 4.24. The van der Waals surface area contributed by atoms with Crippen molar-refractivity contribution < 1.29 is 57.5 Å². The number of ether oxygens (including phenoxy) is 6. The maximum absolute atomic E-state index is 12.3. The van der Waals surface area contributed by atoms with E-state index in [0.717, 1.165) is 32.4 Å². The molecule has 0 spiro atoms. The molecule has 0 radical (unpaired) electrons. The predicted octanol–water partition coefficient (Wildman–Crippen LogP) is 3.89. The molecule has 0 aliphatic carbocycles. The topological polar surface area (TPSA) is 161 Å². The van der Waals surface area contributed by atoms with Crippen molar-refractivity contribution in [2.75, 3.05) is 6.61 Å². The van der Waals surface area contributed by atoms with Crippen molar-refractivity contribution >= 4 is 41.8 Å². The van der Waals surface area contributed by atoms with Crippen LogP contribution in [0.25, 0.3) is 12.2 Å². The number of aliphatic hydroxyl groups excluding tert-OH is 1. The number of allylic oxidation sites excluding steroid dienone is 3. The Bertz CT molecular complexity index is 1440. The molecule has 2 aromatic rings. The van der Waals surface area contributed by atoms with E-state index < -0.39 is 60.4 Å². The molecule has 1 heterocycles. The summed E-state index contributed by atoms with van der Waals surface area (Å²) < 4.78 is 33.1. The third kappa shape index (κ3) is 11.4. The van der Waals surface area contributed by atoms with Gasteiger partial charge in [-0.3, -0.25) is 24.0 Å². The van der Waals surface area contributed by atoms with Crippen molar-refractivity contribution in [2.45, 2.75) is 58.4 Å². The highest BCUT2D eigenvalue weighted by atomic mass is 16.7. The molecule has 1 fully saturated rings. The zero-order valence-electron chi connectivity index (χ0n) is 25.1. The molecule has 0 saturated carbocycles. The van der Waals surface area contributed by atoms with Crippen LogP contribution in [0.1, 0.15) is 38.8 Å². The molecule has 0 bridgehead atoms. The van der Waals surface area contributed by atoms with E-state index in [2.05, 4.69) is 0 Å². The summed E-state index contributed by atoms with van der Waals surface area (Å²) in [6.07, 6.45) is 0.401. The first-order chi connectivity index (χ1) is 21.4. The van der Waals surface area contributed by atoms with Crippen LogP contribution in [0.2, 0.25) is 0 Å². The molecule has 12 nitrogen and oxygen atoms in total. The standard InChI is InChI=1S/C33H34O12/c1-20(34)40-19-29-30(41-21(2)35)31(42-22(3)36)32(43-23(4)37)33(45-29)44-28-16-12-25(13-17-28)11-15-27(39)18-26(38)14-10-24-8-6-5-7-9-24/h5-18,29-33,38H,19H2,1-4H3/b14-10+,15-11+,26-18-/t29-,30-,31+,32-,33+/m1/s1. The molecule has 1 saturated heterocycles. The number of rotatable bonds is 12. The lowest BCUT2D eigenvalue weighted by Crippen LogP contribution is -2.63. The fraction of sp³-hybridized carbons (Fsp3) is 0.303. The van der Waals surface area contributed by atoms with Crippen LogP contribution < -0.4 is 4.74 Å². The average molecular weight is 623 g/mol. The minimum Gasteiger partial charge on any atom is -0.508 e. The van der Waals surface area contributed by atoms with Gasteiger partial charge in [0.2, 0.25) is 12.4 Å². The summed E-state index contributed by atoms with van der Waals surface area (Å²) in [4.78, 5) is 59.7. The van der Waals surface area contributed by atoms with Gasteiger partial charge in [-0.25, -0.2) is 0 Å². The van der Waals surface area contributed by atoms with Crippen molar-refractivity contribution in [3.8, 4) is 5.75 Å². The molecule has 1 N–H and O–H groups in total. The largest absolute Gasteiger partial charge is 0.508 e. The van der Waals surface area contributed by atoms with Crippen molar-refractivity contribution in [3.05, 3.63) is 89.7 Å². The Morgan fingerprint density at radius 2 is 1.27 bits per heavy atom. The third-order valence-electron chi connectivity index (χ3n) is 6.06. The van der Waals surface area contributed by atoms with E-state index in [0.29, 0.717) is 5.56 Å². The third-order valence-corrected chi connectivity index (χ3v) is 6.06. The Morgan fingerprint density at radius 1 is 0.711 bits per heavy atom. The molecule has 1 aliphatic rings. The Labute approximate surface area is 259 Å². The number of aliphatic hydroxyl groups is 1. The SMILES string of the molecule is CC(=O)OC[C@H]1O[C@H](Oc2ccc(/C=C/C(=O)/C=C(O)/C=C/c3ccccc3)cc2)[C@H](OC(C)=O)[C@@H](OC(C)=O)[C@@H]1OC(C)=O. The quantitative estimate of drug-likeness (QED) is 0.120. The zero-order chi connectivity index (χ0) is 32.9. The molecule has 5 atom stereocenters. The number of carbonyl (C=O) groups excluding carboxylic acids is 5. The van der Waals surface area contributed by atoms with Gasteiger partial charge in [-0.05, 0) is 35.4 Å². The molecule has 0 amide bonds. The Kier molecular flexibility index (Phi) is 12.6. The van der Waals surface area contributed by atoms with Gasteiger partial charge in [0, 0.05) is 33.8 Å². The maximum Gasteiger partial charge on any atom is 0.303 e. The first-order valence-electron chi connectivity index (χ1n) is 13.8. The van der Waals surface area contributed by atoms with Gasteiger partial charge in [-0.1, -0.05) is 54.6 Å². The molecular formula is C33H34O12. The van der Waals surface area contributed by atoms with Gasteiger partial charge in [0.05, 0.1) is 0 Å². The number of benzene rings is 2. The van der Waals surface area contributed by atoms with Crippen LogP contribution in [-0.4, -0.2) is 72.1 Å². The Hall–Kier alpha value is -5.23. The van der Waals surface area contributed by atoms with Crippen LogP contribution in [0, 0.1) is 0 Å². The van der Waals surface area contributed by atoms with Gasteiger partial charge in [-0.2, -0.15) is 0 Å². The van der Waals surface area contributed by atoms with Crippen LogP contribution in [0.15, 0.2) is 78.6 Å². The molecule has 0 aromatic heterocycles. The van der Waals surface area contributed by atoms with E-state index in [1.807, 2.05) is 30.3 Å². The lowest BCUT2D eigenvalue weighted by molar-refractivity contribution is -0.288. The molecule has 45 heavy (non-hydrogen) atoms. The van der Waals surface area contributed by atoms with Gasteiger partial charge in [0.1, 0.15) is 24.2 Å². The number of hydrogen-bond donors (Lipinski definition) is 1. The Balaban J connectivity index is 1.77. The summed E-state index contributed by atoms with van der Waals surface area (Å²) >= 11 is 0. The van der Waals surface area contributed by atoms with E-state index >= 15 is 0 Å². The second kappa shape index (κ2) is 16.6. The molecule has 12 heteroatoms. The maximum atomic E-state index is 12.3. The molecule has 238 valence electrons. The lowest BCUT2D eigenvalue weighted by atomic mass is 9.98. The predicted molar refractivity (Wildman–Crippen MR) is 159 cm³/mol. The minimum atomic E-state index is -1.38. The van der Waals surface area contributed by atoms with E-state index in [-0.39, 0.29) is 18.1 Å². The van der Waals surface area contributed by atoms with E-state index in [4.69, 9.17) is 28.4 Å². The van der Waals surface area contributed by atoms with Crippen molar-refractivity contribution in [1.29, 1.82) is 0 Å². The smallest absolute Gasteiger partial charge is 0.303 e.